The predicted octanol–water partition coefficient (Wildman–Crippen LogP) is 8.18. The summed E-state index contributed by atoms with van der Waals surface area (Å²) in [6.07, 6.45) is 36.7. The SMILES string of the molecule is O=C(O)CCCCCCCC/C=C/C=C/C=C/C=C/C=C/CCCCCCCCC(=O)O. The van der Waals surface area contributed by atoms with Gasteiger partial charge in [0.1, 0.15) is 0 Å². The maximum atomic E-state index is 10.4. The van der Waals surface area contributed by atoms with E-state index >= 15 is 0 Å². The summed E-state index contributed by atoms with van der Waals surface area (Å²) in [5.74, 6) is -1.37. The zero-order valence-electron chi connectivity index (χ0n) is 19.8. The first-order valence-electron chi connectivity index (χ1n) is 12.4. The molecule has 0 heterocycles. The summed E-state index contributed by atoms with van der Waals surface area (Å²) in [6, 6.07) is 0. The third-order valence-corrected chi connectivity index (χ3v) is 5.07. The molecule has 0 aliphatic heterocycles. The molecule has 4 heteroatoms. The van der Waals surface area contributed by atoms with Crippen molar-refractivity contribution < 1.29 is 19.8 Å². The molecular formula is C28H44O4. The lowest BCUT2D eigenvalue weighted by atomic mass is 10.1. The van der Waals surface area contributed by atoms with Gasteiger partial charge in [0.05, 0.1) is 0 Å². The van der Waals surface area contributed by atoms with Gasteiger partial charge in [-0.1, -0.05) is 112 Å². The summed E-state index contributed by atoms with van der Waals surface area (Å²) >= 11 is 0. The van der Waals surface area contributed by atoms with Crippen molar-refractivity contribution in [3.63, 3.8) is 0 Å². The Balaban J connectivity index is 3.45. The van der Waals surface area contributed by atoms with Gasteiger partial charge >= 0.3 is 11.9 Å². The van der Waals surface area contributed by atoms with Crippen molar-refractivity contribution in [3.05, 3.63) is 60.8 Å². The fraction of sp³-hybridized carbons (Fsp3) is 0.571. The molecule has 0 atom stereocenters. The Morgan fingerprint density at radius 1 is 0.406 bits per heavy atom. The normalized spacial score (nSPS) is 12.4. The highest BCUT2D eigenvalue weighted by Crippen LogP contribution is 2.10. The van der Waals surface area contributed by atoms with Crippen molar-refractivity contribution in [2.75, 3.05) is 0 Å². The number of carboxylic acids is 2. The lowest BCUT2D eigenvalue weighted by molar-refractivity contribution is -0.138. The molecule has 0 aromatic rings. The molecule has 2 N–H and O–H groups in total. The van der Waals surface area contributed by atoms with Crippen molar-refractivity contribution in [1.29, 1.82) is 0 Å². The van der Waals surface area contributed by atoms with E-state index in [-0.39, 0.29) is 0 Å². The molecule has 0 unspecified atom stereocenters. The molecular weight excluding hydrogens is 400 g/mol. The van der Waals surface area contributed by atoms with Crippen molar-refractivity contribution in [3.8, 4) is 0 Å². The molecule has 0 aromatic heterocycles. The highest BCUT2D eigenvalue weighted by Gasteiger charge is 1.97. The molecule has 0 spiro atoms. The maximum absolute atomic E-state index is 10.4. The van der Waals surface area contributed by atoms with Crippen LogP contribution in [0.25, 0.3) is 0 Å². The van der Waals surface area contributed by atoms with E-state index < -0.39 is 11.9 Å². The minimum atomic E-state index is -0.687. The van der Waals surface area contributed by atoms with E-state index in [2.05, 4.69) is 24.3 Å². The minimum Gasteiger partial charge on any atom is -0.481 e. The van der Waals surface area contributed by atoms with E-state index in [1.54, 1.807) is 0 Å². The molecule has 0 amide bonds. The molecule has 0 rings (SSSR count). The quantitative estimate of drug-likeness (QED) is 0.130. The second kappa shape index (κ2) is 24.9. The van der Waals surface area contributed by atoms with Gasteiger partial charge in [-0.3, -0.25) is 9.59 Å². The minimum absolute atomic E-state index is 0.303. The van der Waals surface area contributed by atoms with Gasteiger partial charge in [-0.15, -0.1) is 0 Å². The van der Waals surface area contributed by atoms with Gasteiger partial charge in [-0.2, -0.15) is 0 Å². The van der Waals surface area contributed by atoms with Gasteiger partial charge in [0.2, 0.25) is 0 Å². The van der Waals surface area contributed by atoms with Crippen LogP contribution in [0.15, 0.2) is 60.8 Å². The summed E-state index contributed by atoms with van der Waals surface area (Å²) in [6.45, 7) is 0. The van der Waals surface area contributed by atoms with Crippen molar-refractivity contribution in [1.82, 2.24) is 0 Å². The van der Waals surface area contributed by atoms with Gasteiger partial charge < -0.3 is 10.2 Å². The second-order valence-electron chi connectivity index (χ2n) is 8.12. The lowest BCUT2D eigenvalue weighted by Crippen LogP contribution is -1.93. The monoisotopic (exact) mass is 444 g/mol. The summed E-state index contributed by atoms with van der Waals surface area (Å²) in [7, 11) is 0. The Bertz CT molecular complexity index is 545. The largest absolute Gasteiger partial charge is 0.481 e. The van der Waals surface area contributed by atoms with Crippen molar-refractivity contribution in [2.24, 2.45) is 0 Å². The van der Waals surface area contributed by atoms with Crippen LogP contribution >= 0.6 is 0 Å². The number of unbranched alkanes of at least 4 members (excludes halogenated alkanes) is 12. The zero-order chi connectivity index (χ0) is 23.5. The van der Waals surface area contributed by atoms with Gasteiger partial charge in [-0.05, 0) is 38.5 Å². The van der Waals surface area contributed by atoms with E-state index in [1.165, 1.54) is 38.5 Å². The number of hydrogen-bond acceptors (Lipinski definition) is 2. The molecule has 0 saturated carbocycles. The molecule has 0 fully saturated rings. The number of carboxylic acid groups (broad SMARTS) is 2. The molecule has 0 aliphatic rings. The number of hydrogen-bond donors (Lipinski definition) is 2. The number of rotatable bonds is 22. The highest BCUT2D eigenvalue weighted by molar-refractivity contribution is 5.66. The predicted molar refractivity (Wildman–Crippen MR) is 135 cm³/mol. The Hall–Kier alpha value is -2.36. The van der Waals surface area contributed by atoms with E-state index in [4.69, 9.17) is 10.2 Å². The van der Waals surface area contributed by atoms with Crippen LogP contribution in [0.3, 0.4) is 0 Å². The standard InChI is InChI=1S/C28H44O4/c29-27(30)25-23-21-19-17-15-13-11-9-7-5-3-1-2-4-6-8-10-12-14-16-18-20-22-24-26-28(31)32/h1-10H,11-26H2,(H,29,30)(H,31,32)/b2-1+,5-3+,6-4+,9-7+,10-8+. The van der Waals surface area contributed by atoms with Crippen molar-refractivity contribution in [2.45, 2.75) is 103 Å². The zero-order valence-corrected chi connectivity index (χ0v) is 19.8. The van der Waals surface area contributed by atoms with Crippen LogP contribution in [0.5, 0.6) is 0 Å². The van der Waals surface area contributed by atoms with E-state index in [9.17, 15) is 9.59 Å². The van der Waals surface area contributed by atoms with Gasteiger partial charge in [-0.25, -0.2) is 0 Å². The van der Waals surface area contributed by atoms with Crippen LogP contribution in [0, 0.1) is 0 Å². The van der Waals surface area contributed by atoms with Crippen molar-refractivity contribution >= 4 is 11.9 Å². The third-order valence-electron chi connectivity index (χ3n) is 5.07. The second-order valence-corrected chi connectivity index (χ2v) is 8.12. The van der Waals surface area contributed by atoms with E-state index in [0.29, 0.717) is 12.8 Å². The van der Waals surface area contributed by atoms with Gasteiger partial charge in [0.25, 0.3) is 0 Å². The Morgan fingerprint density at radius 3 is 1.03 bits per heavy atom. The fourth-order valence-electron chi connectivity index (χ4n) is 3.23. The maximum Gasteiger partial charge on any atom is 0.303 e. The van der Waals surface area contributed by atoms with Crippen LogP contribution in [-0.2, 0) is 9.59 Å². The summed E-state index contributed by atoms with van der Waals surface area (Å²) in [5, 5.41) is 17.1. The molecule has 0 aromatic carbocycles. The average molecular weight is 445 g/mol. The molecule has 180 valence electrons. The van der Waals surface area contributed by atoms with Gasteiger partial charge in [0.15, 0.2) is 0 Å². The number of carbonyl (C=O) groups is 2. The Morgan fingerprint density at radius 2 is 0.688 bits per heavy atom. The number of allylic oxidation sites excluding steroid dienone is 10. The number of aliphatic carboxylic acids is 2. The topological polar surface area (TPSA) is 74.6 Å². The molecule has 32 heavy (non-hydrogen) atoms. The first kappa shape index (κ1) is 29.6. The van der Waals surface area contributed by atoms with E-state index in [0.717, 1.165) is 51.4 Å². The summed E-state index contributed by atoms with van der Waals surface area (Å²) in [5.41, 5.74) is 0. The first-order valence-corrected chi connectivity index (χ1v) is 12.4. The van der Waals surface area contributed by atoms with Gasteiger partial charge in [0, 0.05) is 12.8 Å². The first-order chi connectivity index (χ1) is 15.6. The molecule has 0 saturated heterocycles. The van der Waals surface area contributed by atoms with Crippen LogP contribution < -0.4 is 0 Å². The Kier molecular flexibility index (Phi) is 23.1. The highest BCUT2D eigenvalue weighted by atomic mass is 16.4. The summed E-state index contributed by atoms with van der Waals surface area (Å²) < 4.78 is 0. The lowest BCUT2D eigenvalue weighted by Gasteiger charge is -1.99. The smallest absolute Gasteiger partial charge is 0.303 e. The fourth-order valence-corrected chi connectivity index (χ4v) is 3.23. The summed E-state index contributed by atoms with van der Waals surface area (Å²) in [4.78, 5) is 20.8. The molecule has 0 radical (unpaired) electrons. The molecule has 0 aliphatic carbocycles. The third kappa shape index (κ3) is 27.6. The van der Waals surface area contributed by atoms with E-state index in [1.807, 2.05) is 36.5 Å². The molecule has 4 nitrogen and oxygen atoms in total. The average Bonchev–Trinajstić information content (AvgIpc) is 2.75. The Labute approximate surface area is 195 Å². The molecule has 0 bridgehead atoms. The van der Waals surface area contributed by atoms with Crippen LogP contribution in [-0.4, -0.2) is 22.2 Å². The van der Waals surface area contributed by atoms with Crippen LogP contribution in [0.2, 0.25) is 0 Å². The van der Waals surface area contributed by atoms with Crippen LogP contribution in [0.1, 0.15) is 103 Å². The van der Waals surface area contributed by atoms with Crippen LogP contribution in [0.4, 0.5) is 0 Å².